The highest BCUT2D eigenvalue weighted by Gasteiger charge is 2.38. The van der Waals surface area contributed by atoms with E-state index in [1.807, 2.05) is 6.20 Å². The average molecular weight is 716 g/mol. The van der Waals surface area contributed by atoms with Gasteiger partial charge in [0.15, 0.2) is 0 Å². The summed E-state index contributed by atoms with van der Waals surface area (Å²) in [4.78, 5) is 4.92. The van der Waals surface area contributed by atoms with Crippen molar-refractivity contribution in [2.75, 3.05) is 0 Å². The summed E-state index contributed by atoms with van der Waals surface area (Å²) in [5.74, 6) is 0. The summed E-state index contributed by atoms with van der Waals surface area (Å²) in [6.45, 7) is 14.0. The van der Waals surface area contributed by atoms with Crippen LogP contribution in [0.1, 0.15) is 61.1 Å². The van der Waals surface area contributed by atoms with E-state index < -0.39 is 0 Å². The van der Waals surface area contributed by atoms with Gasteiger partial charge in [-0.1, -0.05) is 130 Å². The number of nitrogens with zero attached hydrogens (tertiary/aromatic N) is 1. The maximum absolute atomic E-state index is 4.92. The Morgan fingerprint density at radius 3 is 1.70 bits per heavy atom. The summed E-state index contributed by atoms with van der Waals surface area (Å²) in [7, 11) is 0. The summed E-state index contributed by atoms with van der Waals surface area (Å²) in [6, 6.07) is 51.3. The number of rotatable bonds is 2. The lowest BCUT2D eigenvalue weighted by Gasteiger charge is -2.24. The average Bonchev–Trinajstić information content (AvgIpc) is 3.75. The molecule has 0 N–H and O–H groups in total. The normalized spacial score (nSPS) is 14.9. The lowest BCUT2D eigenvalue weighted by atomic mass is 9.79. The molecule has 1 heterocycles. The zero-order valence-corrected chi connectivity index (χ0v) is 32.7. The van der Waals surface area contributed by atoms with Crippen LogP contribution in [-0.4, -0.2) is 4.98 Å². The molecule has 8 aromatic carbocycles. The number of aromatic nitrogens is 1. The van der Waals surface area contributed by atoms with Gasteiger partial charge in [-0.3, -0.25) is 4.98 Å². The van der Waals surface area contributed by atoms with Gasteiger partial charge in [0.05, 0.1) is 5.69 Å². The second-order valence-electron chi connectivity index (χ2n) is 17.6. The first kappa shape index (κ1) is 32.0. The number of hydrogen-bond donors (Lipinski definition) is 0. The number of aryl methyl sites for hydroxylation is 2. The minimum Gasteiger partial charge on any atom is -0.256 e. The molecule has 1 heteroatoms. The van der Waals surface area contributed by atoms with Crippen LogP contribution in [0, 0.1) is 13.8 Å². The monoisotopic (exact) mass is 715 g/mol. The molecule has 0 spiro atoms. The van der Waals surface area contributed by atoms with Gasteiger partial charge in [-0.05, 0) is 160 Å². The van der Waals surface area contributed by atoms with E-state index in [4.69, 9.17) is 4.98 Å². The number of fused-ring (bicyclic) bond motifs is 13. The zero-order valence-electron chi connectivity index (χ0n) is 32.7. The van der Waals surface area contributed by atoms with Crippen molar-refractivity contribution in [2.24, 2.45) is 0 Å². The molecule has 1 aromatic heterocycles. The molecule has 3 aliphatic rings. The van der Waals surface area contributed by atoms with Gasteiger partial charge in [-0.25, -0.2) is 0 Å². The first-order valence-corrected chi connectivity index (χ1v) is 20.0. The number of pyridine rings is 1. The summed E-state index contributed by atoms with van der Waals surface area (Å²) in [6.07, 6.45) is 1.93. The second-order valence-corrected chi connectivity index (χ2v) is 17.6. The largest absolute Gasteiger partial charge is 0.256 e. The molecule has 0 saturated heterocycles. The van der Waals surface area contributed by atoms with Gasteiger partial charge in [0.25, 0.3) is 0 Å². The van der Waals surface area contributed by atoms with Gasteiger partial charge in [0.2, 0.25) is 0 Å². The van der Waals surface area contributed by atoms with E-state index in [1.165, 1.54) is 127 Å². The molecule has 1 nitrogen and oxygen atoms in total. The number of benzene rings is 8. The fourth-order valence-electron chi connectivity index (χ4n) is 10.9. The first-order chi connectivity index (χ1) is 27.1. The molecular formula is C55H41N. The smallest absolute Gasteiger partial charge is 0.0787 e. The van der Waals surface area contributed by atoms with Crippen molar-refractivity contribution < 1.29 is 0 Å². The summed E-state index contributed by atoms with van der Waals surface area (Å²) >= 11 is 0. The molecule has 0 unspecified atom stereocenters. The predicted molar refractivity (Wildman–Crippen MR) is 237 cm³/mol. The van der Waals surface area contributed by atoms with Crippen LogP contribution in [0.2, 0.25) is 0 Å². The molecule has 0 fully saturated rings. The fraction of sp³-hybridized carbons (Fsp3) is 0.145. The topological polar surface area (TPSA) is 12.9 Å². The predicted octanol–water partition coefficient (Wildman–Crippen LogP) is 14.8. The van der Waals surface area contributed by atoms with E-state index in [9.17, 15) is 0 Å². The van der Waals surface area contributed by atoms with Crippen LogP contribution in [0.3, 0.4) is 0 Å². The minimum absolute atomic E-state index is 0.0236. The molecule has 3 aliphatic carbocycles. The van der Waals surface area contributed by atoms with Gasteiger partial charge >= 0.3 is 0 Å². The highest BCUT2D eigenvalue weighted by atomic mass is 14.7. The molecule has 9 aromatic rings. The molecule has 0 amide bonds. The fourth-order valence-corrected chi connectivity index (χ4v) is 10.9. The van der Waals surface area contributed by atoms with Gasteiger partial charge in [-0.2, -0.15) is 0 Å². The van der Waals surface area contributed by atoms with Crippen molar-refractivity contribution in [1.29, 1.82) is 0 Å². The Kier molecular flexibility index (Phi) is 6.12. The van der Waals surface area contributed by atoms with Gasteiger partial charge in [0, 0.05) is 28.2 Å². The molecule has 0 aliphatic heterocycles. The van der Waals surface area contributed by atoms with E-state index >= 15 is 0 Å². The maximum Gasteiger partial charge on any atom is 0.0787 e. The van der Waals surface area contributed by atoms with Crippen molar-refractivity contribution in [2.45, 2.75) is 52.4 Å². The van der Waals surface area contributed by atoms with Gasteiger partial charge in [0.1, 0.15) is 0 Å². The lowest BCUT2D eigenvalue weighted by Crippen LogP contribution is -2.15. The Morgan fingerprint density at radius 1 is 0.393 bits per heavy atom. The Morgan fingerprint density at radius 2 is 0.964 bits per heavy atom. The van der Waals surface area contributed by atoms with Crippen LogP contribution in [0.4, 0.5) is 0 Å². The standard InChI is InChI=1S/C55H41N/c1-30-13-18-35-43(24-30)42(28-45-40-19-14-31(2)51-41-11-9-23-56-53(41)46(52(40)51)29-44(35)45)34-17-22-39-38-21-16-33(26-49(38)55(5,6)50(39)27-34)32-15-20-37-36-10-7-8-12-47(36)54(3,4)48(37)25-32/h7-29H,1-6H3. The van der Waals surface area contributed by atoms with E-state index in [-0.39, 0.29) is 10.8 Å². The summed E-state index contributed by atoms with van der Waals surface area (Å²) in [5.41, 5.74) is 23.5. The molecular weight excluding hydrogens is 675 g/mol. The summed E-state index contributed by atoms with van der Waals surface area (Å²) < 4.78 is 0. The Hall–Kier alpha value is -6.31. The summed E-state index contributed by atoms with van der Waals surface area (Å²) in [5, 5.41) is 7.83. The van der Waals surface area contributed by atoms with Crippen molar-refractivity contribution >= 4 is 32.3 Å². The van der Waals surface area contributed by atoms with Crippen LogP contribution in [-0.2, 0) is 10.8 Å². The van der Waals surface area contributed by atoms with Crippen molar-refractivity contribution in [3.05, 3.63) is 173 Å². The van der Waals surface area contributed by atoms with Crippen LogP contribution in [0.5, 0.6) is 0 Å². The van der Waals surface area contributed by atoms with E-state index in [1.54, 1.807) is 0 Å². The van der Waals surface area contributed by atoms with Gasteiger partial charge in [-0.15, -0.1) is 0 Å². The molecule has 56 heavy (non-hydrogen) atoms. The van der Waals surface area contributed by atoms with Crippen molar-refractivity contribution in [1.82, 2.24) is 4.98 Å². The molecule has 0 radical (unpaired) electrons. The Bertz CT molecular complexity index is 3260. The third kappa shape index (κ3) is 4.03. The molecule has 0 atom stereocenters. The van der Waals surface area contributed by atoms with E-state index in [0.29, 0.717) is 0 Å². The van der Waals surface area contributed by atoms with Crippen LogP contribution in [0.25, 0.3) is 99.2 Å². The Labute approximate surface area is 328 Å². The van der Waals surface area contributed by atoms with E-state index in [2.05, 4.69) is 175 Å². The zero-order chi connectivity index (χ0) is 37.8. The molecule has 0 saturated carbocycles. The molecule has 266 valence electrons. The quantitative estimate of drug-likeness (QED) is 0.162. The van der Waals surface area contributed by atoms with Crippen LogP contribution in [0.15, 0.2) is 140 Å². The highest BCUT2D eigenvalue weighted by Crippen LogP contribution is 2.54. The van der Waals surface area contributed by atoms with E-state index in [0.717, 1.165) is 5.69 Å². The van der Waals surface area contributed by atoms with Gasteiger partial charge < -0.3 is 0 Å². The highest BCUT2D eigenvalue weighted by molar-refractivity contribution is 6.28. The Balaban J connectivity index is 1.01. The SMILES string of the molecule is Cc1ccc2c(c1)c(-c1ccc3c(c1)C(C)(C)c1cc(-c4ccc5c(c4)C(C)(C)c4ccccc4-5)ccc1-3)cc1c3ccc(C)c4c3c(cc21)-c1ncccc1-4. The maximum atomic E-state index is 4.92. The lowest BCUT2D eigenvalue weighted by molar-refractivity contribution is 0.659. The molecule has 12 rings (SSSR count). The van der Waals surface area contributed by atoms with Crippen molar-refractivity contribution in [3.63, 3.8) is 0 Å². The molecule has 0 bridgehead atoms. The van der Waals surface area contributed by atoms with Crippen molar-refractivity contribution in [3.8, 4) is 66.9 Å². The van der Waals surface area contributed by atoms with Crippen LogP contribution < -0.4 is 0 Å². The first-order valence-electron chi connectivity index (χ1n) is 20.0. The van der Waals surface area contributed by atoms with Crippen LogP contribution >= 0.6 is 0 Å². The number of hydrogen-bond acceptors (Lipinski definition) is 1. The third-order valence-electron chi connectivity index (χ3n) is 13.8. The third-order valence-corrected chi connectivity index (χ3v) is 13.8. The minimum atomic E-state index is -0.156. The second kappa shape index (κ2) is 10.7.